The quantitative estimate of drug-likeness (QED) is 0.862. The molecule has 0 N–H and O–H groups in total. The molecular weight excluding hydrogens is 258 g/mol. The number of fused-ring (bicyclic) bond motifs is 1. The van der Waals surface area contributed by atoms with E-state index in [1.54, 1.807) is 18.4 Å². The molecule has 0 bridgehead atoms. The van der Waals surface area contributed by atoms with E-state index in [0.717, 1.165) is 31.9 Å². The summed E-state index contributed by atoms with van der Waals surface area (Å²) in [5.74, 6) is 0. The number of hydrogen-bond donors (Lipinski definition) is 0. The Balaban J connectivity index is 1.80. The van der Waals surface area contributed by atoms with Crippen LogP contribution in [-0.2, 0) is 24.4 Å². The third-order valence-electron chi connectivity index (χ3n) is 3.72. The SMILES string of the molecule is COC1CN(Cc2scnc2C)Cc2cccn2C1. The van der Waals surface area contributed by atoms with Gasteiger partial charge in [-0.25, -0.2) is 4.98 Å². The second-order valence-electron chi connectivity index (χ2n) is 5.04. The summed E-state index contributed by atoms with van der Waals surface area (Å²) in [6.45, 7) is 5.93. The van der Waals surface area contributed by atoms with E-state index in [1.807, 2.05) is 5.51 Å². The molecule has 0 saturated heterocycles. The van der Waals surface area contributed by atoms with Gasteiger partial charge in [0.25, 0.3) is 0 Å². The molecule has 1 unspecified atom stereocenters. The molecule has 19 heavy (non-hydrogen) atoms. The molecule has 0 amide bonds. The van der Waals surface area contributed by atoms with Gasteiger partial charge in [0.1, 0.15) is 0 Å². The number of methoxy groups -OCH3 is 1. The lowest BCUT2D eigenvalue weighted by molar-refractivity contribution is 0.0568. The van der Waals surface area contributed by atoms with Crippen LogP contribution in [0.4, 0.5) is 0 Å². The number of nitrogens with zero attached hydrogens (tertiary/aromatic N) is 3. The van der Waals surface area contributed by atoms with Crippen molar-refractivity contribution in [2.45, 2.75) is 32.7 Å². The Kier molecular flexibility index (Phi) is 3.68. The second-order valence-corrected chi connectivity index (χ2v) is 5.98. The van der Waals surface area contributed by atoms with Crippen molar-refractivity contribution in [1.29, 1.82) is 0 Å². The minimum atomic E-state index is 0.252. The molecule has 0 fully saturated rings. The topological polar surface area (TPSA) is 30.3 Å². The average Bonchev–Trinajstić information content (AvgIpc) is 2.95. The molecule has 2 aromatic rings. The van der Waals surface area contributed by atoms with Crippen LogP contribution in [0.1, 0.15) is 16.3 Å². The lowest BCUT2D eigenvalue weighted by atomic mass is 10.3. The zero-order valence-electron chi connectivity index (χ0n) is 11.4. The van der Waals surface area contributed by atoms with Crippen molar-refractivity contribution in [3.05, 3.63) is 40.1 Å². The van der Waals surface area contributed by atoms with Gasteiger partial charge in [-0.1, -0.05) is 0 Å². The summed E-state index contributed by atoms with van der Waals surface area (Å²) in [7, 11) is 1.80. The summed E-state index contributed by atoms with van der Waals surface area (Å²) in [6, 6.07) is 4.31. The summed E-state index contributed by atoms with van der Waals surface area (Å²) in [4.78, 5) is 8.14. The van der Waals surface area contributed by atoms with Crippen LogP contribution >= 0.6 is 11.3 Å². The molecule has 102 valence electrons. The molecule has 4 nitrogen and oxygen atoms in total. The van der Waals surface area contributed by atoms with Crippen molar-refractivity contribution in [2.24, 2.45) is 0 Å². The molecule has 1 aliphatic rings. The maximum Gasteiger partial charge on any atom is 0.0876 e. The first-order valence-corrected chi connectivity index (χ1v) is 7.42. The van der Waals surface area contributed by atoms with Gasteiger partial charge in [-0.2, -0.15) is 0 Å². The fourth-order valence-corrected chi connectivity index (χ4v) is 3.40. The lowest BCUT2D eigenvalue weighted by Gasteiger charge is -2.22. The summed E-state index contributed by atoms with van der Waals surface area (Å²) in [5, 5.41) is 0. The molecule has 2 aromatic heterocycles. The van der Waals surface area contributed by atoms with Crippen molar-refractivity contribution in [1.82, 2.24) is 14.5 Å². The fraction of sp³-hybridized carbons (Fsp3) is 0.500. The minimum Gasteiger partial charge on any atom is -0.378 e. The van der Waals surface area contributed by atoms with E-state index in [0.29, 0.717) is 0 Å². The Labute approximate surface area is 117 Å². The van der Waals surface area contributed by atoms with Crippen LogP contribution in [-0.4, -0.2) is 34.2 Å². The van der Waals surface area contributed by atoms with Crippen LogP contribution in [0.2, 0.25) is 0 Å². The number of ether oxygens (including phenoxy) is 1. The molecule has 0 aromatic carbocycles. The predicted octanol–water partition coefficient (Wildman–Crippen LogP) is 2.28. The number of thiazole rings is 1. The molecular formula is C14H19N3OS. The average molecular weight is 277 g/mol. The van der Waals surface area contributed by atoms with E-state index >= 15 is 0 Å². The maximum absolute atomic E-state index is 5.60. The monoisotopic (exact) mass is 277 g/mol. The second kappa shape index (κ2) is 5.45. The Bertz CT molecular complexity index is 548. The molecule has 5 heteroatoms. The molecule has 3 heterocycles. The molecule has 0 radical (unpaired) electrons. The zero-order chi connectivity index (χ0) is 13.2. The van der Waals surface area contributed by atoms with E-state index < -0.39 is 0 Å². The first kappa shape index (κ1) is 12.8. The highest BCUT2D eigenvalue weighted by Crippen LogP contribution is 2.20. The molecule has 0 aliphatic carbocycles. The van der Waals surface area contributed by atoms with Gasteiger partial charge in [0.15, 0.2) is 0 Å². The normalized spacial score (nSPS) is 20.2. The van der Waals surface area contributed by atoms with Crippen LogP contribution in [0.15, 0.2) is 23.8 Å². The Morgan fingerprint density at radius 2 is 2.37 bits per heavy atom. The highest BCUT2D eigenvalue weighted by molar-refractivity contribution is 7.09. The van der Waals surface area contributed by atoms with Crippen molar-refractivity contribution in [2.75, 3.05) is 13.7 Å². The van der Waals surface area contributed by atoms with Gasteiger partial charge in [-0.3, -0.25) is 4.90 Å². The maximum atomic E-state index is 5.60. The van der Waals surface area contributed by atoms with Gasteiger partial charge in [0.2, 0.25) is 0 Å². The predicted molar refractivity (Wildman–Crippen MR) is 76.2 cm³/mol. The minimum absolute atomic E-state index is 0.252. The van der Waals surface area contributed by atoms with Crippen molar-refractivity contribution >= 4 is 11.3 Å². The molecule has 0 spiro atoms. The Morgan fingerprint density at radius 1 is 1.47 bits per heavy atom. The third kappa shape index (κ3) is 2.73. The van der Waals surface area contributed by atoms with Crippen molar-refractivity contribution in [3.63, 3.8) is 0 Å². The van der Waals surface area contributed by atoms with Gasteiger partial charge in [0, 0.05) is 50.1 Å². The standard InChI is InChI=1S/C14H19N3OS/c1-11-14(19-10-15-11)9-16-6-12-4-3-5-17(12)8-13(7-16)18-2/h3-5,10,13H,6-9H2,1-2H3. The van der Waals surface area contributed by atoms with Gasteiger partial charge in [-0.15, -0.1) is 11.3 Å². The zero-order valence-corrected chi connectivity index (χ0v) is 12.2. The van der Waals surface area contributed by atoms with E-state index in [1.165, 1.54) is 10.6 Å². The van der Waals surface area contributed by atoms with E-state index in [9.17, 15) is 0 Å². The number of hydrogen-bond acceptors (Lipinski definition) is 4. The van der Waals surface area contributed by atoms with Crippen LogP contribution in [0.25, 0.3) is 0 Å². The molecule has 0 saturated carbocycles. The smallest absolute Gasteiger partial charge is 0.0876 e. The van der Waals surface area contributed by atoms with Gasteiger partial charge in [-0.05, 0) is 19.1 Å². The molecule has 3 rings (SSSR count). The molecule has 1 atom stereocenters. The first-order valence-electron chi connectivity index (χ1n) is 6.54. The van der Waals surface area contributed by atoms with Crippen LogP contribution in [0, 0.1) is 6.92 Å². The number of aromatic nitrogens is 2. The van der Waals surface area contributed by atoms with Crippen LogP contribution in [0.3, 0.4) is 0 Å². The van der Waals surface area contributed by atoms with Crippen LogP contribution < -0.4 is 0 Å². The van der Waals surface area contributed by atoms with Crippen molar-refractivity contribution in [3.8, 4) is 0 Å². The molecule has 1 aliphatic heterocycles. The lowest BCUT2D eigenvalue weighted by Crippen LogP contribution is -2.31. The third-order valence-corrected chi connectivity index (χ3v) is 4.64. The summed E-state index contributed by atoms with van der Waals surface area (Å²) >= 11 is 1.74. The van der Waals surface area contributed by atoms with E-state index in [-0.39, 0.29) is 6.10 Å². The Hall–Kier alpha value is -1.17. The largest absolute Gasteiger partial charge is 0.378 e. The summed E-state index contributed by atoms with van der Waals surface area (Å²) in [6.07, 6.45) is 2.39. The van der Waals surface area contributed by atoms with Gasteiger partial charge < -0.3 is 9.30 Å². The summed E-state index contributed by atoms with van der Waals surface area (Å²) < 4.78 is 7.90. The van der Waals surface area contributed by atoms with Crippen LogP contribution in [0.5, 0.6) is 0 Å². The van der Waals surface area contributed by atoms with E-state index in [4.69, 9.17) is 4.74 Å². The Morgan fingerprint density at radius 3 is 3.11 bits per heavy atom. The van der Waals surface area contributed by atoms with Crippen molar-refractivity contribution < 1.29 is 4.74 Å². The highest BCUT2D eigenvalue weighted by Gasteiger charge is 2.22. The number of rotatable bonds is 3. The number of aryl methyl sites for hydroxylation is 1. The highest BCUT2D eigenvalue weighted by atomic mass is 32.1. The van der Waals surface area contributed by atoms with E-state index in [2.05, 4.69) is 39.7 Å². The van der Waals surface area contributed by atoms with Gasteiger partial charge >= 0.3 is 0 Å². The fourth-order valence-electron chi connectivity index (χ4n) is 2.58. The first-order chi connectivity index (χ1) is 9.26. The summed E-state index contributed by atoms with van der Waals surface area (Å²) in [5.41, 5.74) is 4.44. The van der Waals surface area contributed by atoms with Gasteiger partial charge in [0.05, 0.1) is 17.3 Å².